The van der Waals surface area contributed by atoms with Crippen molar-refractivity contribution in [3.8, 4) is 11.4 Å². The molecular weight excluding hydrogens is 362 g/mol. The van der Waals surface area contributed by atoms with E-state index in [4.69, 9.17) is 11.6 Å². The van der Waals surface area contributed by atoms with Crippen LogP contribution in [0.15, 0.2) is 53.4 Å². The Morgan fingerprint density at radius 1 is 1.16 bits per heavy atom. The van der Waals surface area contributed by atoms with Crippen molar-refractivity contribution in [3.05, 3.63) is 53.6 Å². The Hall–Kier alpha value is -2.45. The Bertz CT molecular complexity index is 1000. The molecule has 3 aromatic rings. The van der Waals surface area contributed by atoms with Gasteiger partial charge in [-0.05, 0) is 41.6 Å². The molecule has 1 aromatic heterocycles. The molecule has 2 aromatic carbocycles. The van der Waals surface area contributed by atoms with Gasteiger partial charge in [0.05, 0.1) is 15.6 Å². The molecule has 0 aliphatic heterocycles. The summed E-state index contributed by atoms with van der Waals surface area (Å²) in [5.41, 5.74) is 1.06. The zero-order valence-electron chi connectivity index (χ0n) is 13.7. The maximum Gasteiger partial charge on any atom is 0.264 e. The number of aryl methyl sites for hydroxylation is 1. The fourth-order valence-corrected chi connectivity index (χ4v) is 4.35. The Labute approximate surface area is 150 Å². The van der Waals surface area contributed by atoms with Gasteiger partial charge in [0, 0.05) is 19.2 Å². The van der Waals surface area contributed by atoms with Crippen LogP contribution in [0.4, 0.5) is 5.69 Å². The normalized spacial score (nSPS) is 11.5. The molecule has 0 spiro atoms. The van der Waals surface area contributed by atoms with E-state index in [0.29, 0.717) is 22.1 Å². The van der Waals surface area contributed by atoms with E-state index >= 15 is 0 Å². The summed E-state index contributed by atoms with van der Waals surface area (Å²) in [4.78, 5) is 0.148. The summed E-state index contributed by atoms with van der Waals surface area (Å²) in [6.07, 6.45) is 0. The predicted molar refractivity (Wildman–Crippen MR) is 95.9 cm³/mol. The molecule has 0 aliphatic rings. The van der Waals surface area contributed by atoms with E-state index in [9.17, 15) is 8.42 Å². The molecule has 0 atom stereocenters. The molecule has 0 aliphatic carbocycles. The number of nitrogens with zero attached hydrogens (tertiary/aromatic N) is 5. The van der Waals surface area contributed by atoms with E-state index < -0.39 is 10.0 Å². The smallest absolute Gasteiger partial charge is 0.264 e. The highest BCUT2D eigenvalue weighted by Gasteiger charge is 2.25. The Morgan fingerprint density at radius 3 is 2.56 bits per heavy atom. The highest BCUT2D eigenvalue weighted by Crippen LogP contribution is 2.31. The van der Waals surface area contributed by atoms with Crippen LogP contribution in [-0.2, 0) is 17.1 Å². The van der Waals surface area contributed by atoms with E-state index in [1.54, 1.807) is 62.5 Å². The van der Waals surface area contributed by atoms with Crippen molar-refractivity contribution in [1.82, 2.24) is 20.2 Å². The topological polar surface area (TPSA) is 81.0 Å². The fourth-order valence-electron chi connectivity index (χ4n) is 2.52. The molecule has 0 saturated heterocycles. The SMILES string of the molecule is CCN(c1ccccc1Cl)S(=O)(=O)c1cccc(-c2nnnn2C)c1. The molecule has 0 radical (unpaired) electrons. The highest BCUT2D eigenvalue weighted by atomic mass is 35.5. The lowest BCUT2D eigenvalue weighted by atomic mass is 10.2. The quantitative estimate of drug-likeness (QED) is 0.682. The van der Waals surface area contributed by atoms with Crippen molar-refractivity contribution in [1.29, 1.82) is 0 Å². The van der Waals surface area contributed by atoms with Crippen molar-refractivity contribution >= 4 is 27.3 Å². The number of halogens is 1. The third-order valence-electron chi connectivity index (χ3n) is 3.71. The van der Waals surface area contributed by atoms with Crippen LogP contribution in [0.2, 0.25) is 5.02 Å². The summed E-state index contributed by atoms with van der Waals surface area (Å²) < 4.78 is 29.0. The zero-order chi connectivity index (χ0) is 18.0. The van der Waals surface area contributed by atoms with Crippen LogP contribution in [0.1, 0.15) is 6.92 Å². The number of anilines is 1. The first-order valence-corrected chi connectivity index (χ1v) is 9.37. The molecule has 0 saturated carbocycles. The lowest BCUT2D eigenvalue weighted by molar-refractivity contribution is 0.592. The summed E-state index contributed by atoms with van der Waals surface area (Å²) in [7, 11) is -2.09. The van der Waals surface area contributed by atoms with E-state index in [1.807, 2.05) is 0 Å². The molecule has 7 nitrogen and oxygen atoms in total. The first kappa shape index (κ1) is 17.4. The molecule has 130 valence electrons. The number of para-hydroxylation sites is 1. The second-order valence-corrected chi connectivity index (χ2v) is 7.54. The monoisotopic (exact) mass is 377 g/mol. The maximum atomic E-state index is 13.1. The van der Waals surface area contributed by atoms with Gasteiger partial charge in [0.25, 0.3) is 10.0 Å². The van der Waals surface area contributed by atoms with E-state index in [1.165, 1.54) is 8.99 Å². The van der Waals surface area contributed by atoms with Gasteiger partial charge in [0.2, 0.25) is 0 Å². The zero-order valence-corrected chi connectivity index (χ0v) is 15.2. The summed E-state index contributed by atoms with van der Waals surface area (Å²) in [5, 5.41) is 11.7. The van der Waals surface area contributed by atoms with Crippen LogP contribution in [0.3, 0.4) is 0 Å². The fraction of sp³-hybridized carbons (Fsp3) is 0.188. The van der Waals surface area contributed by atoms with Gasteiger partial charge in [-0.25, -0.2) is 13.1 Å². The molecule has 0 fully saturated rings. The molecule has 9 heteroatoms. The van der Waals surface area contributed by atoms with Crippen LogP contribution in [0.5, 0.6) is 0 Å². The minimum atomic E-state index is -3.78. The van der Waals surface area contributed by atoms with Crippen molar-refractivity contribution in [2.45, 2.75) is 11.8 Å². The van der Waals surface area contributed by atoms with Crippen LogP contribution in [-0.4, -0.2) is 35.2 Å². The molecule has 1 heterocycles. The minimum absolute atomic E-state index is 0.148. The average Bonchev–Trinajstić information content (AvgIpc) is 3.03. The Balaban J connectivity index is 2.08. The second-order valence-electron chi connectivity index (χ2n) is 5.28. The van der Waals surface area contributed by atoms with Crippen molar-refractivity contribution in [2.75, 3.05) is 10.8 Å². The van der Waals surface area contributed by atoms with E-state index in [-0.39, 0.29) is 11.4 Å². The number of hydrogen-bond donors (Lipinski definition) is 0. The van der Waals surface area contributed by atoms with Gasteiger partial charge >= 0.3 is 0 Å². The summed E-state index contributed by atoms with van der Waals surface area (Å²) >= 11 is 6.19. The van der Waals surface area contributed by atoms with Crippen LogP contribution in [0, 0.1) is 0 Å². The number of aromatic nitrogens is 4. The van der Waals surface area contributed by atoms with Crippen LogP contribution < -0.4 is 4.31 Å². The van der Waals surface area contributed by atoms with E-state index in [0.717, 1.165) is 0 Å². The Morgan fingerprint density at radius 2 is 1.92 bits per heavy atom. The number of hydrogen-bond acceptors (Lipinski definition) is 5. The Kier molecular flexibility index (Phi) is 4.73. The van der Waals surface area contributed by atoms with Gasteiger partial charge in [0.15, 0.2) is 5.82 Å². The van der Waals surface area contributed by atoms with Crippen LogP contribution in [0.25, 0.3) is 11.4 Å². The van der Waals surface area contributed by atoms with E-state index in [2.05, 4.69) is 15.5 Å². The highest BCUT2D eigenvalue weighted by molar-refractivity contribution is 7.92. The molecule has 0 amide bonds. The van der Waals surface area contributed by atoms with Gasteiger partial charge in [-0.3, -0.25) is 4.31 Å². The average molecular weight is 378 g/mol. The summed E-state index contributed by atoms with van der Waals surface area (Å²) in [6, 6.07) is 13.4. The number of sulfonamides is 1. The molecule has 25 heavy (non-hydrogen) atoms. The number of tetrazole rings is 1. The lowest BCUT2D eigenvalue weighted by Crippen LogP contribution is -2.31. The first-order chi connectivity index (χ1) is 11.9. The lowest BCUT2D eigenvalue weighted by Gasteiger charge is -2.24. The molecule has 0 bridgehead atoms. The summed E-state index contributed by atoms with van der Waals surface area (Å²) in [6.45, 7) is 2.01. The van der Waals surface area contributed by atoms with Gasteiger partial charge in [-0.2, -0.15) is 0 Å². The maximum absolute atomic E-state index is 13.1. The molecule has 3 rings (SSSR count). The minimum Gasteiger partial charge on any atom is -0.265 e. The van der Waals surface area contributed by atoms with Gasteiger partial charge in [0.1, 0.15) is 0 Å². The number of benzene rings is 2. The third kappa shape index (κ3) is 3.22. The third-order valence-corrected chi connectivity index (χ3v) is 5.91. The second kappa shape index (κ2) is 6.81. The van der Waals surface area contributed by atoms with Crippen molar-refractivity contribution in [2.24, 2.45) is 7.05 Å². The van der Waals surface area contributed by atoms with Gasteiger partial charge in [-0.1, -0.05) is 35.9 Å². The van der Waals surface area contributed by atoms with Gasteiger partial charge < -0.3 is 0 Å². The predicted octanol–water partition coefficient (Wildman–Crippen LogP) is 2.75. The summed E-state index contributed by atoms with van der Waals surface area (Å²) in [5.74, 6) is 0.484. The largest absolute Gasteiger partial charge is 0.265 e. The van der Waals surface area contributed by atoms with Crippen molar-refractivity contribution in [3.63, 3.8) is 0 Å². The first-order valence-electron chi connectivity index (χ1n) is 7.55. The molecular formula is C16H16ClN5O2S. The van der Waals surface area contributed by atoms with Crippen LogP contribution >= 0.6 is 11.6 Å². The van der Waals surface area contributed by atoms with Gasteiger partial charge in [-0.15, -0.1) is 5.10 Å². The molecule has 0 N–H and O–H groups in total. The molecule has 0 unspecified atom stereocenters. The standard InChI is InChI=1S/C16H16ClN5O2S/c1-3-22(15-10-5-4-9-14(15)17)25(23,24)13-8-6-7-12(11-13)16-18-19-20-21(16)2/h4-11H,3H2,1-2H3. The number of rotatable bonds is 5. The van der Waals surface area contributed by atoms with Crippen molar-refractivity contribution < 1.29 is 8.42 Å².